The number of carbonyl (C=O) groups excluding carboxylic acids is 1. The van der Waals surface area contributed by atoms with Crippen molar-refractivity contribution in [3.63, 3.8) is 0 Å². The van der Waals surface area contributed by atoms with E-state index in [1.54, 1.807) is 18.2 Å². The first kappa shape index (κ1) is 20.2. The Morgan fingerprint density at radius 2 is 2.04 bits per heavy atom. The van der Waals surface area contributed by atoms with Crippen LogP contribution < -0.4 is 10.1 Å². The second-order valence-corrected chi connectivity index (χ2v) is 8.89. The third-order valence-electron chi connectivity index (χ3n) is 3.56. The lowest BCUT2D eigenvalue weighted by atomic mass is 10.2. The quantitative estimate of drug-likeness (QED) is 0.704. The van der Waals surface area contributed by atoms with Crippen LogP contribution in [0.25, 0.3) is 0 Å². The summed E-state index contributed by atoms with van der Waals surface area (Å²) < 4.78 is 37.5. The van der Waals surface area contributed by atoms with Gasteiger partial charge in [-0.2, -0.15) is 4.31 Å². The van der Waals surface area contributed by atoms with E-state index in [-0.39, 0.29) is 24.3 Å². The average Bonchev–Trinajstić information content (AvgIpc) is 2.55. The van der Waals surface area contributed by atoms with E-state index in [2.05, 4.69) is 21.2 Å². The van der Waals surface area contributed by atoms with Crippen LogP contribution >= 0.6 is 15.9 Å². The van der Waals surface area contributed by atoms with Gasteiger partial charge in [-0.15, -0.1) is 0 Å². The van der Waals surface area contributed by atoms with Gasteiger partial charge in [-0.1, -0.05) is 15.9 Å². The zero-order valence-corrected chi connectivity index (χ0v) is 16.7. The van der Waals surface area contributed by atoms with Crippen LogP contribution in [0.5, 0.6) is 5.75 Å². The lowest BCUT2D eigenvalue weighted by Gasteiger charge is -2.26. The number of amides is 1. The number of ether oxygens (including phenoxy) is 2. The Morgan fingerprint density at radius 1 is 1.36 bits per heavy atom. The van der Waals surface area contributed by atoms with Gasteiger partial charge in [0.1, 0.15) is 5.75 Å². The molecule has 1 heterocycles. The van der Waals surface area contributed by atoms with Crippen LogP contribution in [-0.4, -0.2) is 63.3 Å². The van der Waals surface area contributed by atoms with Gasteiger partial charge in [-0.25, -0.2) is 8.42 Å². The molecule has 0 saturated carbocycles. The zero-order valence-electron chi connectivity index (χ0n) is 14.3. The summed E-state index contributed by atoms with van der Waals surface area (Å²) in [4.78, 5) is 12.4. The van der Waals surface area contributed by atoms with Crippen molar-refractivity contribution in [1.82, 2.24) is 9.62 Å². The number of rotatable bonds is 7. The molecule has 0 spiro atoms. The number of halogens is 1. The van der Waals surface area contributed by atoms with Crippen molar-refractivity contribution in [1.29, 1.82) is 0 Å². The zero-order chi connectivity index (χ0) is 18.4. The summed E-state index contributed by atoms with van der Waals surface area (Å²) in [5.74, 6) is -0.0476. The Morgan fingerprint density at radius 3 is 2.68 bits per heavy atom. The minimum Gasteiger partial charge on any atom is -0.490 e. The van der Waals surface area contributed by atoms with Crippen molar-refractivity contribution in [2.45, 2.75) is 20.0 Å². The van der Waals surface area contributed by atoms with Crippen molar-refractivity contribution in [2.75, 3.05) is 38.6 Å². The number of benzene rings is 1. The normalized spacial score (nSPS) is 16.0. The number of nitrogens with zero attached hydrogens (tertiary/aromatic N) is 1. The highest BCUT2D eigenvalue weighted by Gasteiger charge is 2.24. The molecule has 0 radical (unpaired) electrons. The molecule has 25 heavy (non-hydrogen) atoms. The SMILES string of the molecule is CC(C)Oc1cc(Br)ccc1C(=O)NCCS(=O)(=O)N1CCOCC1. The van der Waals surface area contributed by atoms with Crippen molar-refractivity contribution < 1.29 is 22.7 Å². The van der Waals surface area contributed by atoms with Gasteiger partial charge in [0.2, 0.25) is 10.0 Å². The van der Waals surface area contributed by atoms with Gasteiger partial charge >= 0.3 is 0 Å². The molecule has 1 fully saturated rings. The van der Waals surface area contributed by atoms with Crippen LogP contribution in [0.1, 0.15) is 24.2 Å². The molecule has 1 saturated heterocycles. The van der Waals surface area contributed by atoms with Crippen LogP contribution in [0.3, 0.4) is 0 Å². The second-order valence-electron chi connectivity index (χ2n) is 5.89. The molecule has 2 rings (SSSR count). The fourth-order valence-electron chi connectivity index (χ4n) is 2.38. The molecule has 0 unspecified atom stereocenters. The Bertz CT molecular complexity index is 702. The number of hydrogen-bond acceptors (Lipinski definition) is 5. The molecular formula is C16H23BrN2O5S. The van der Waals surface area contributed by atoms with Crippen molar-refractivity contribution in [2.24, 2.45) is 0 Å². The summed E-state index contributed by atoms with van der Waals surface area (Å²) >= 11 is 3.35. The standard InChI is InChI=1S/C16H23BrN2O5S/c1-12(2)24-15-11-13(17)3-4-14(15)16(20)18-5-10-25(21,22)19-6-8-23-9-7-19/h3-4,11-12H,5-10H2,1-2H3,(H,18,20). The largest absolute Gasteiger partial charge is 0.490 e. The van der Waals surface area contributed by atoms with Gasteiger partial charge in [-0.3, -0.25) is 4.79 Å². The molecule has 0 aliphatic carbocycles. The fourth-order valence-corrected chi connectivity index (χ4v) is 4.04. The molecule has 7 nitrogen and oxygen atoms in total. The molecule has 1 aliphatic heterocycles. The van der Waals surface area contributed by atoms with Crippen molar-refractivity contribution >= 4 is 31.9 Å². The highest BCUT2D eigenvalue weighted by Crippen LogP contribution is 2.24. The molecule has 140 valence electrons. The van der Waals surface area contributed by atoms with Gasteiger partial charge in [-0.05, 0) is 32.0 Å². The summed E-state index contributed by atoms with van der Waals surface area (Å²) in [6.07, 6.45) is -0.0810. The molecule has 1 N–H and O–H groups in total. The maximum atomic E-state index is 12.4. The van der Waals surface area contributed by atoms with E-state index in [1.165, 1.54) is 4.31 Å². The van der Waals surface area contributed by atoms with E-state index < -0.39 is 10.0 Å². The van der Waals surface area contributed by atoms with E-state index in [1.807, 2.05) is 13.8 Å². The lowest BCUT2D eigenvalue weighted by molar-refractivity contribution is 0.0730. The Hall–Kier alpha value is -1.16. The van der Waals surface area contributed by atoms with Crippen LogP contribution in [0.15, 0.2) is 22.7 Å². The van der Waals surface area contributed by atoms with Gasteiger partial charge in [0.15, 0.2) is 0 Å². The topological polar surface area (TPSA) is 84.9 Å². The third-order valence-corrected chi connectivity index (χ3v) is 5.93. The maximum absolute atomic E-state index is 12.4. The average molecular weight is 435 g/mol. The number of nitrogens with one attached hydrogen (secondary N) is 1. The second kappa shape index (κ2) is 8.98. The minimum absolute atomic E-state index is 0.0374. The number of hydrogen-bond donors (Lipinski definition) is 1. The predicted octanol–water partition coefficient (Wildman–Crippen LogP) is 1.63. The Labute approximate surface area is 156 Å². The molecular weight excluding hydrogens is 412 g/mol. The van der Waals surface area contributed by atoms with E-state index in [9.17, 15) is 13.2 Å². The minimum atomic E-state index is -3.40. The Kier molecular flexibility index (Phi) is 7.24. The first-order valence-electron chi connectivity index (χ1n) is 8.09. The van der Waals surface area contributed by atoms with E-state index in [0.717, 1.165) is 4.47 Å². The van der Waals surface area contributed by atoms with Gasteiger partial charge in [0.05, 0.1) is 30.6 Å². The summed E-state index contributed by atoms with van der Waals surface area (Å²) in [7, 11) is -3.40. The maximum Gasteiger partial charge on any atom is 0.255 e. The smallest absolute Gasteiger partial charge is 0.255 e. The van der Waals surface area contributed by atoms with E-state index in [4.69, 9.17) is 9.47 Å². The third kappa shape index (κ3) is 5.95. The van der Waals surface area contributed by atoms with E-state index in [0.29, 0.717) is 37.6 Å². The highest BCUT2D eigenvalue weighted by molar-refractivity contribution is 9.10. The molecule has 0 aromatic heterocycles. The lowest BCUT2D eigenvalue weighted by Crippen LogP contribution is -2.43. The van der Waals surface area contributed by atoms with Crippen molar-refractivity contribution in [3.05, 3.63) is 28.2 Å². The Balaban J connectivity index is 1.96. The van der Waals surface area contributed by atoms with Crippen LogP contribution in [-0.2, 0) is 14.8 Å². The summed E-state index contributed by atoms with van der Waals surface area (Å²) in [6, 6.07) is 5.11. The summed E-state index contributed by atoms with van der Waals surface area (Å²) in [6.45, 7) is 5.30. The number of carbonyl (C=O) groups is 1. The number of morpholine rings is 1. The van der Waals surface area contributed by atoms with Crippen LogP contribution in [0, 0.1) is 0 Å². The summed E-state index contributed by atoms with van der Waals surface area (Å²) in [5, 5.41) is 2.66. The molecule has 9 heteroatoms. The van der Waals surface area contributed by atoms with Crippen LogP contribution in [0.4, 0.5) is 0 Å². The molecule has 0 atom stereocenters. The van der Waals surface area contributed by atoms with E-state index >= 15 is 0 Å². The molecule has 1 amide bonds. The molecule has 1 aromatic rings. The molecule has 0 bridgehead atoms. The van der Waals surface area contributed by atoms with Crippen LogP contribution in [0.2, 0.25) is 0 Å². The van der Waals surface area contributed by atoms with Gasteiger partial charge in [0.25, 0.3) is 5.91 Å². The van der Waals surface area contributed by atoms with Gasteiger partial charge in [0, 0.05) is 24.1 Å². The number of sulfonamides is 1. The van der Waals surface area contributed by atoms with Crippen molar-refractivity contribution in [3.8, 4) is 5.75 Å². The monoisotopic (exact) mass is 434 g/mol. The molecule has 1 aromatic carbocycles. The first-order valence-corrected chi connectivity index (χ1v) is 10.5. The van der Waals surface area contributed by atoms with Gasteiger partial charge < -0.3 is 14.8 Å². The summed E-state index contributed by atoms with van der Waals surface area (Å²) in [5.41, 5.74) is 0.376. The highest BCUT2D eigenvalue weighted by atomic mass is 79.9. The molecule has 1 aliphatic rings. The predicted molar refractivity (Wildman–Crippen MR) is 98.4 cm³/mol. The first-order chi connectivity index (χ1) is 11.8. The fraction of sp³-hybridized carbons (Fsp3) is 0.562.